The van der Waals surface area contributed by atoms with E-state index in [9.17, 15) is 14.7 Å². The van der Waals surface area contributed by atoms with Gasteiger partial charge in [-0.2, -0.15) is 5.10 Å². The lowest BCUT2D eigenvalue weighted by Gasteiger charge is -2.41. The predicted octanol–water partition coefficient (Wildman–Crippen LogP) is 2.52. The van der Waals surface area contributed by atoms with Gasteiger partial charge in [0.2, 0.25) is 5.91 Å². The zero-order chi connectivity index (χ0) is 19.5. The first-order valence-electron chi connectivity index (χ1n) is 8.88. The number of carbonyl (C=O) groups excluding carboxylic acids is 1. The minimum atomic E-state index is -0.713. The van der Waals surface area contributed by atoms with Crippen LogP contribution in [0.3, 0.4) is 0 Å². The van der Waals surface area contributed by atoms with Crippen LogP contribution in [0, 0.1) is 0 Å². The molecule has 1 saturated carbocycles. The van der Waals surface area contributed by atoms with Gasteiger partial charge in [0.25, 0.3) is 5.56 Å². The third kappa shape index (κ3) is 3.26. The van der Waals surface area contributed by atoms with Crippen LogP contribution in [-0.4, -0.2) is 36.8 Å². The third-order valence-electron chi connectivity index (χ3n) is 4.91. The number of hydrogen-bond donors (Lipinski definition) is 2. The van der Waals surface area contributed by atoms with Gasteiger partial charge in [-0.25, -0.2) is 4.68 Å². The van der Waals surface area contributed by atoms with Crippen molar-refractivity contribution < 1.29 is 9.90 Å². The summed E-state index contributed by atoms with van der Waals surface area (Å²) < 4.78 is 4.63. The SMILES string of the molecule is CC(C)c1nn(CC(=O)NC2CC(C)(O)C2)c(=O)c2cc3sc(Cl)cc3n12. The lowest BCUT2D eigenvalue weighted by Crippen LogP contribution is -2.54. The van der Waals surface area contributed by atoms with Crippen LogP contribution in [0.4, 0.5) is 0 Å². The van der Waals surface area contributed by atoms with Crippen molar-refractivity contribution in [1.29, 1.82) is 0 Å². The number of thiophene rings is 1. The molecule has 0 saturated heterocycles. The van der Waals surface area contributed by atoms with Crippen molar-refractivity contribution in [2.45, 2.75) is 57.7 Å². The molecule has 0 aliphatic heterocycles. The number of fused-ring (bicyclic) bond motifs is 3. The first-order chi connectivity index (χ1) is 12.6. The van der Waals surface area contributed by atoms with E-state index >= 15 is 0 Å². The zero-order valence-electron chi connectivity index (χ0n) is 15.3. The number of nitrogens with one attached hydrogen (secondary N) is 1. The molecule has 0 radical (unpaired) electrons. The Hall–Kier alpha value is -1.90. The Balaban J connectivity index is 1.70. The summed E-state index contributed by atoms with van der Waals surface area (Å²) in [5, 5.41) is 17.1. The molecule has 9 heteroatoms. The molecule has 1 aliphatic rings. The van der Waals surface area contributed by atoms with Crippen LogP contribution in [0.5, 0.6) is 0 Å². The Morgan fingerprint density at radius 1 is 1.44 bits per heavy atom. The second kappa shape index (κ2) is 6.32. The van der Waals surface area contributed by atoms with Crippen molar-refractivity contribution in [1.82, 2.24) is 19.5 Å². The Morgan fingerprint density at radius 2 is 2.15 bits per heavy atom. The summed E-state index contributed by atoms with van der Waals surface area (Å²) in [5.41, 5.74) is 0.331. The number of hydrogen-bond acceptors (Lipinski definition) is 5. The van der Waals surface area contributed by atoms with E-state index in [1.54, 1.807) is 13.0 Å². The molecule has 3 heterocycles. The first kappa shape index (κ1) is 18.5. The maximum Gasteiger partial charge on any atom is 0.291 e. The fourth-order valence-electron chi connectivity index (χ4n) is 3.71. The molecule has 27 heavy (non-hydrogen) atoms. The molecule has 0 aromatic carbocycles. The highest BCUT2D eigenvalue weighted by Gasteiger charge is 2.39. The van der Waals surface area contributed by atoms with E-state index in [0.717, 1.165) is 10.2 Å². The van der Waals surface area contributed by atoms with E-state index in [4.69, 9.17) is 11.6 Å². The average Bonchev–Trinajstić information content (AvgIpc) is 3.04. The highest BCUT2D eigenvalue weighted by Crippen LogP contribution is 2.33. The number of amides is 1. The molecule has 3 aromatic heterocycles. The largest absolute Gasteiger partial charge is 0.390 e. The van der Waals surface area contributed by atoms with E-state index in [2.05, 4.69) is 10.4 Å². The lowest BCUT2D eigenvalue weighted by atomic mass is 9.77. The van der Waals surface area contributed by atoms with Gasteiger partial charge >= 0.3 is 0 Å². The summed E-state index contributed by atoms with van der Waals surface area (Å²) in [6, 6.07) is 3.58. The fraction of sp³-hybridized carbons (Fsp3) is 0.500. The Kier molecular flexibility index (Phi) is 4.32. The van der Waals surface area contributed by atoms with E-state index in [-0.39, 0.29) is 30.0 Å². The first-order valence-corrected chi connectivity index (χ1v) is 10.1. The molecule has 7 nitrogen and oxygen atoms in total. The van der Waals surface area contributed by atoms with E-state index in [0.29, 0.717) is 28.5 Å². The van der Waals surface area contributed by atoms with Crippen molar-refractivity contribution in [3.63, 3.8) is 0 Å². The van der Waals surface area contributed by atoms with Gasteiger partial charge in [-0.05, 0) is 31.9 Å². The fourth-order valence-corrected chi connectivity index (χ4v) is 4.87. The monoisotopic (exact) mass is 408 g/mol. The van der Waals surface area contributed by atoms with Crippen molar-refractivity contribution >= 4 is 44.6 Å². The summed E-state index contributed by atoms with van der Waals surface area (Å²) in [7, 11) is 0. The number of rotatable bonds is 4. The van der Waals surface area contributed by atoms with Crippen molar-refractivity contribution in [2.75, 3.05) is 0 Å². The third-order valence-corrected chi connectivity index (χ3v) is 6.11. The molecule has 0 unspecified atom stereocenters. The number of carbonyl (C=O) groups is 1. The van der Waals surface area contributed by atoms with Gasteiger partial charge in [0.15, 0.2) is 0 Å². The summed E-state index contributed by atoms with van der Waals surface area (Å²) in [4.78, 5) is 25.2. The molecule has 4 rings (SSSR count). The standard InChI is InChI=1S/C18H21ClN4O3S/c1-9(2)16-21-22(8-15(24)20-10-6-18(3,26)7-10)17(25)12-4-13-11(23(12)16)5-14(19)27-13/h4-5,9-10,26H,6-8H2,1-3H3,(H,20,24). The molecule has 0 atom stereocenters. The molecular weight excluding hydrogens is 388 g/mol. The summed E-state index contributed by atoms with van der Waals surface area (Å²) >= 11 is 7.53. The molecule has 1 aliphatic carbocycles. The maximum absolute atomic E-state index is 12.9. The van der Waals surface area contributed by atoms with E-state index in [1.807, 2.05) is 24.3 Å². The van der Waals surface area contributed by atoms with Gasteiger partial charge < -0.3 is 10.4 Å². The minimum Gasteiger partial charge on any atom is -0.390 e. The molecule has 0 spiro atoms. The molecule has 2 N–H and O–H groups in total. The molecule has 144 valence electrons. The van der Waals surface area contributed by atoms with E-state index < -0.39 is 5.60 Å². The summed E-state index contributed by atoms with van der Waals surface area (Å²) in [5.74, 6) is 0.479. The highest BCUT2D eigenvalue weighted by molar-refractivity contribution is 7.22. The van der Waals surface area contributed by atoms with Crippen LogP contribution in [0.15, 0.2) is 16.9 Å². The Morgan fingerprint density at radius 3 is 2.78 bits per heavy atom. The summed E-state index contributed by atoms with van der Waals surface area (Å²) in [6.45, 7) is 5.59. The van der Waals surface area contributed by atoms with Crippen molar-refractivity contribution in [3.8, 4) is 0 Å². The van der Waals surface area contributed by atoms with Crippen LogP contribution < -0.4 is 10.9 Å². The molecule has 1 amide bonds. The van der Waals surface area contributed by atoms with Crippen molar-refractivity contribution in [2.24, 2.45) is 0 Å². The second-order valence-corrected chi connectivity index (χ2v) is 9.53. The van der Waals surface area contributed by atoms with Crippen LogP contribution in [0.25, 0.3) is 15.7 Å². The number of aromatic nitrogens is 3. The smallest absolute Gasteiger partial charge is 0.291 e. The summed E-state index contributed by atoms with van der Waals surface area (Å²) in [6.07, 6.45) is 1.04. The lowest BCUT2D eigenvalue weighted by molar-refractivity contribution is -0.125. The van der Waals surface area contributed by atoms with Crippen molar-refractivity contribution in [3.05, 3.63) is 32.6 Å². The van der Waals surface area contributed by atoms with Crippen LogP contribution in [-0.2, 0) is 11.3 Å². The molecule has 0 bridgehead atoms. The zero-order valence-corrected chi connectivity index (χ0v) is 16.9. The molecule has 1 fully saturated rings. The van der Waals surface area contributed by atoms with Gasteiger partial charge in [0.1, 0.15) is 17.9 Å². The van der Waals surface area contributed by atoms with Gasteiger partial charge in [-0.15, -0.1) is 11.3 Å². The highest BCUT2D eigenvalue weighted by atomic mass is 35.5. The quantitative estimate of drug-likeness (QED) is 0.694. The maximum atomic E-state index is 12.9. The van der Waals surface area contributed by atoms with Crippen LogP contribution in [0.1, 0.15) is 45.4 Å². The van der Waals surface area contributed by atoms with Crippen LogP contribution >= 0.6 is 22.9 Å². The number of halogens is 1. The van der Waals surface area contributed by atoms with E-state index in [1.165, 1.54) is 16.0 Å². The normalized spacial score (nSPS) is 22.5. The number of aliphatic hydroxyl groups is 1. The molecule has 3 aromatic rings. The van der Waals surface area contributed by atoms with Gasteiger partial charge in [0.05, 0.1) is 20.2 Å². The minimum absolute atomic E-state index is 0.0541. The van der Waals surface area contributed by atoms with Gasteiger partial charge in [-0.1, -0.05) is 25.4 Å². The topological polar surface area (TPSA) is 88.6 Å². The van der Waals surface area contributed by atoms with Crippen LogP contribution in [0.2, 0.25) is 4.34 Å². The Bertz CT molecular complexity index is 1100. The predicted molar refractivity (Wildman–Crippen MR) is 106 cm³/mol. The van der Waals surface area contributed by atoms with Gasteiger partial charge in [-0.3, -0.25) is 14.0 Å². The second-order valence-electron chi connectivity index (χ2n) is 7.81. The average molecular weight is 409 g/mol. The number of nitrogens with zero attached hydrogens (tertiary/aromatic N) is 3. The van der Waals surface area contributed by atoms with Gasteiger partial charge in [0, 0.05) is 12.0 Å². The molecular formula is C18H21ClN4O3S. The Labute approximate surface area is 164 Å².